The van der Waals surface area contributed by atoms with E-state index in [2.05, 4.69) is 0 Å². The van der Waals surface area contributed by atoms with Gasteiger partial charge in [-0.15, -0.1) is 0 Å². The lowest BCUT2D eigenvalue weighted by Crippen LogP contribution is -2.23. The van der Waals surface area contributed by atoms with E-state index >= 15 is 0 Å². The molecule has 0 aliphatic rings. The Morgan fingerprint density at radius 1 is 1.40 bits per heavy atom. The number of hydrogen-bond acceptors (Lipinski definition) is 2. The molecule has 3 nitrogen and oxygen atoms in total. The molecule has 0 saturated heterocycles. The minimum atomic E-state index is -2.16. The number of alkyl halides is 1. The lowest BCUT2D eigenvalue weighted by Gasteiger charge is -2.09. The van der Waals surface area contributed by atoms with Gasteiger partial charge in [-0.1, -0.05) is 30.3 Å². The maximum Gasteiger partial charge on any atom is 0.161 e. The Kier molecular flexibility index (Phi) is 5.45. The molecule has 2 atom stereocenters. The fraction of sp³-hybridized carbons (Fsp3) is 0.400. The zero-order valence-electron chi connectivity index (χ0n) is 8.14. The second-order valence-electron chi connectivity index (χ2n) is 3.05. The number of benzene rings is 1. The van der Waals surface area contributed by atoms with Crippen LogP contribution in [0.3, 0.4) is 0 Å². The molecular formula is C10H13FO3S. The van der Waals surface area contributed by atoms with Crippen LogP contribution in [0.2, 0.25) is 0 Å². The van der Waals surface area contributed by atoms with Gasteiger partial charge in [0.2, 0.25) is 0 Å². The van der Waals surface area contributed by atoms with Gasteiger partial charge in [0.25, 0.3) is 0 Å². The van der Waals surface area contributed by atoms with E-state index in [-0.39, 0.29) is 6.61 Å². The SMILES string of the molecule is O=S(O)C(CF)COCc1ccccc1. The summed E-state index contributed by atoms with van der Waals surface area (Å²) in [7, 11) is 0. The van der Waals surface area contributed by atoms with E-state index < -0.39 is 23.0 Å². The maximum absolute atomic E-state index is 12.2. The summed E-state index contributed by atoms with van der Waals surface area (Å²) in [6.07, 6.45) is 0. The molecule has 0 aliphatic carbocycles. The van der Waals surface area contributed by atoms with Gasteiger partial charge in [-0.25, -0.2) is 8.60 Å². The molecule has 84 valence electrons. The minimum Gasteiger partial charge on any atom is -0.375 e. The first-order chi connectivity index (χ1) is 7.24. The predicted molar refractivity (Wildman–Crippen MR) is 56.6 cm³/mol. The molecule has 0 bridgehead atoms. The maximum atomic E-state index is 12.2. The highest BCUT2D eigenvalue weighted by molar-refractivity contribution is 7.79. The minimum absolute atomic E-state index is 0.0471. The number of halogens is 1. The topological polar surface area (TPSA) is 46.5 Å². The first-order valence-corrected chi connectivity index (χ1v) is 5.68. The van der Waals surface area contributed by atoms with Gasteiger partial charge in [0.05, 0.1) is 13.2 Å². The summed E-state index contributed by atoms with van der Waals surface area (Å²) in [6, 6.07) is 9.38. The summed E-state index contributed by atoms with van der Waals surface area (Å²) in [5, 5.41) is -0.950. The van der Waals surface area contributed by atoms with Gasteiger partial charge in [0.1, 0.15) is 11.9 Å². The monoisotopic (exact) mass is 232 g/mol. The number of rotatable bonds is 6. The van der Waals surface area contributed by atoms with Gasteiger partial charge in [-0.05, 0) is 5.56 Å². The fourth-order valence-electron chi connectivity index (χ4n) is 1.04. The first kappa shape index (κ1) is 12.3. The molecule has 2 unspecified atom stereocenters. The first-order valence-electron chi connectivity index (χ1n) is 4.51. The Morgan fingerprint density at radius 2 is 2.07 bits per heavy atom. The quantitative estimate of drug-likeness (QED) is 0.760. The summed E-state index contributed by atoms with van der Waals surface area (Å²) >= 11 is -2.16. The lowest BCUT2D eigenvalue weighted by molar-refractivity contribution is 0.115. The van der Waals surface area contributed by atoms with Crippen LogP contribution in [0.5, 0.6) is 0 Å². The number of hydrogen-bond donors (Lipinski definition) is 1. The Labute approximate surface area is 90.5 Å². The van der Waals surface area contributed by atoms with E-state index in [0.29, 0.717) is 6.61 Å². The van der Waals surface area contributed by atoms with E-state index in [4.69, 9.17) is 9.29 Å². The van der Waals surface area contributed by atoms with Crippen molar-refractivity contribution in [1.29, 1.82) is 0 Å². The predicted octanol–water partition coefficient (Wildman–Crippen LogP) is 1.76. The van der Waals surface area contributed by atoms with E-state index in [9.17, 15) is 8.60 Å². The van der Waals surface area contributed by atoms with Crippen molar-refractivity contribution in [2.75, 3.05) is 13.3 Å². The molecule has 15 heavy (non-hydrogen) atoms. The lowest BCUT2D eigenvalue weighted by atomic mass is 10.2. The Bertz CT molecular complexity index is 305. The molecule has 0 heterocycles. The van der Waals surface area contributed by atoms with Crippen molar-refractivity contribution < 1.29 is 17.9 Å². The molecule has 1 rings (SSSR count). The van der Waals surface area contributed by atoms with E-state index in [1.165, 1.54) is 0 Å². The highest BCUT2D eigenvalue weighted by Gasteiger charge is 2.14. The smallest absolute Gasteiger partial charge is 0.161 e. The van der Waals surface area contributed by atoms with Crippen LogP contribution in [-0.4, -0.2) is 27.3 Å². The molecule has 1 aromatic carbocycles. The van der Waals surface area contributed by atoms with Crippen molar-refractivity contribution in [2.24, 2.45) is 0 Å². The van der Waals surface area contributed by atoms with Crippen molar-refractivity contribution >= 4 is 11.1 Å². The highest BCUT2D eigenvalue weighted by atomic mass is 32.2. The van der Waals surface area contributed by atoms with Crippen molar-refractivity contribution in [3.63, 3.8) is 0 Å². The van der Waals surface area contributed by atoms with Crippen LogP contribution in [-0.2, 0) is 22.4 Å². The van der Waals surface area contributed by atoms with Crippen LogP contribution < -0.4 is 0 Å². The molecule has 0 radical (unpaired) electrons. The van der Waals surface area contributed by atoms with Gasteiger partial charge in [-0.2, -0.15) is 0 Å². The largest absolute Gasteiger partial charge is 0.375 e. The molecule has 0 aromatic heterocycles. The van der Waals surface area contributed by atoms with E-state index in [1.807, 2.05) is 30.3 Å². The van der Waals surface area contributed by atoms with E-state index in [1.54, 1.807) is 0 Å². The average Bonchev–Trinajstić information content (AvgIpc) is 2.25. The molecule has 1 aromatic rings. The molecule has 0 saturated carbocycles. The van der Waals surface area contributed by atoms with Gasteiger partial charge >= 0.3 is 0 Å². The third-order valence-electron chi connectivity index (χ3n) is 1.87. The molecular weight excluding hydrogens is 219 g/mol. The van der Waals surface area contributed by atoms with Crippen LogP contribution in [0.15, 0.2) is 30.3 Å². The average molecular weight is 232 g/mol. The van der Waals surface area contributed by atoms with Crippen LogP contribution in [0.1, 0.15) is 5.56 Å². The normalized spacial score (nSPS) is 14.8. The highest BCUT2D eigenvalue weighted by Crippen LogP contribution is 2.03. The Balaban J connectivity index is 2.30. The molecule has 0 spiro atoms. The Morgan fingerprint density at radius 3 is 2.60 bits per heavy atom. The summed E-state index contributed by atoms with van der Waals surface area (Å²) in [5.74, 6) is 0. The number of ether oxygens (including phenoxy) is 1. The zero-order valence-corrected chi connectivity index (χ0v) is 8.95. The summed E-state index contributed by atoms with van der Waals surface area (Å²) in [4.78, 5) is 0. The molecule has 0 fully saturated rings. The fourth-order valence-corrected chi connectivity index (χ4v) is 1.36. The standard InChI is InChI=1S/C10H13FO3S/c11-6-10(15(12)13)8-14-7-9-4-2-1-3-5-9/h1-5,10H,6-8H2,(H,12,13). The van der Waals surface area contributed by atoms with Gasteiger partial charge in [0, 0.05) is 0 Å². The summed E-state index contributed by atoms with van der Waals surface area (Å²) < 4.78 is 36.6. The van der Waals surface area contributed by atoms with Gasteiger partial charge < -0.3 is 9.29 Å². The van der Waals surface area contributed by atoms with Crippen LogP contribution in [0.25, 0.3) is 0 Å². The molecule has 0 aliphatic heterocycles. The summed E-state index contributed by atoms with van der Waals surface area (Å²) in [5.41, 5.74) is 0.957. The van der Waals surface area contributed by atoms with Crippen molar-refractivity contribution in [1.82, 2.24) is 0 Å². The van der Waals surface area contributed by atoms with Crippen molar-refractivity contribution in [2.45, 2.75) is 11.9 Å². The van der Waals surface area contributed by atoms with Gasteiger partial charge in [0.15, 0.2) is 11.1 Å². The van der Waals surface area contributed by atoms with Crippen LogP contribution >= 0.6 is 0 Å². The van der Waals surface area contributed by atoms with Crippen molar-refractivity contribution in [3.05, 3.63) is 35.9 Å². The van der Waals surface area contributed by atoms with Gasteiger partial charge in [-0.3, -0.25) is 0 Å². The van der Waals surface area contributed by atoms with Crippen LogP contribution in [0, 0.1) is 0 Å². The molecule has 1 N–H and O–H groups in total. The molecule has 5 heteroatoms. The summed E-state index contributed by atoms with van der Waals surface area (Å²) in [6.45, 7) is -0.569. The van der Waals surface area contributed by atoms with Crippen LogP contribution in [0.4, 0.5) is 4.39 Å². The third-order valence-corrected chi connectivity index (χ3v) is 2.70. The second-order valence-corrected chi connectivity index (χ2v) is 4.27. The van der Waals surface area contributed by atoms with E-state index in [0.717, 1.165) is 5.56 Å². The van der Waals surface area contributed by atoms with Crippen molar-refractivity contribution in [3.8, 4) is 0 Å². The third kappa shape index (κ3) is 4.51. The molecule has 0 amide bonds. The zero-order chi connectivity index (χ0) is 11.1. The second kappa shape index (κ2) is 6.66. The Hall–Kier alpha value is -0.780.